The number of hydrogen-bond acceptors (Lipinski definition) is 4. The van der Waals surface area contributed by atoms with E-state index in [1.54, 1.807) is 36.4 Å². The summed E-state index contributed by atoms with van der Waals surface area (Å²) in [5.41, 5.74) is 1.18. The van der Waals surface area contributed by atoms with Crippen LogP contribution in [-0.4, -0.2) is 11.8 Å². The Hall–Kier alpha value is -2.79. The highest BCUT2D eigenvalue weighted by molar-refractivity contribution is 7.09. The normalized spacial score (nSPS) is 11.7. The van der Waals surface area contributed by atoms with Gasteiger partial charge in [0.2, 0.25) is 12.3 Å². The minimum absolute atomic E-state index is 0.0202. The SMILES string of the molecule is CC(OC(=O)c1ccccc1)c1scc[n+]1CC(=O)c1ccccc1. The van der Waals surface area contributed by atoms with Gasteiger partial charge in [-0.2, -0.15) is 4.57 Å². The highest BCUT2D eigenvalue weighted by Gasteiger charge is 2.26. The van der Waals surface area contributed by atoms with Crippen LogP contribution < -0.4 is 4.57 Å². The van der Waals surface area contributed by atoms with Crippen LogP contribution in [0, 0.1) is 0 Å². The Morgan fingerprint density at radius 3 is 2.24 bits per heavy atom. The van der Waals surface area contributed by atoms with Crippen molar-refractivity contribution in [3.63, 3.8) is 0 Å². The molecule has 0 aliphatic heterocycles. The van der Waals surface area contributed by atoms with Crippen LogP contribution in [0.1, 0.15) is 38.8 Å². The fraction of sp³-hybridized carbons (Fsp3) is 0.150. The smallest absolute Gasteiger partial charge is 0.338 e. The molecule has 0 aliphatic carbocycles. The van der Waals surface area contributed by atoms with E-state index in [-0.39, 0.29) is 18.3 Å². The number of thiazole rings is 1. The lowest BCUT2D eigenvalue weighted by molar-refractivity contribution is -0.688. The molecule has 4 nitrogen and oxygen atoms in total. The summed E-state index contributed by atoms with van der Waals surface area (Å²) in [6.45, 7) is 2.03. The van der Waals surface area contributed by atoms with Gasteiger partial charge in [0.05, 0.1) is 10.9 Å². The first-order chi connectivity index (χ1) is 12.1. The second-order valence-corrected chi connectivity index (χ2v) is 6.50. The van der Waals surface area contributed by atoms with E-state index in [1.807, 2.05) is 47.3 Å². The molecule has 0 amide bonds. The summed E-state index contributed by atoms with van der Waals surface area (Å²) in [6, 6.07) is 18.0. The molecule has 1 aromatic heterocycles. The Kier molecular flexibility index (Phi) is 5.36. The van der Waals surface area contributed by atoms with Crippen LogP contribution in [0.4, 0.5) is 0 Å². The Bertz CT molecular complexity index is 859. The lowest BCUT2D eigenvalue weighted by Crippen LogP contribution is -2.40. The number of Topliss-reactive ketones (excluding diaryl/α,β-unsaturated/α-hetero) is 1. The van der Waals surface area contributed by atoms with Gasteiger partial charge >= 0.3 is 5.97 Å². The zero-order chi connectivity index (χ0) is 17.6. The maximum atomic E-state index is 12.4. The molecule has 1 atom stereocenters. The first-order valence-electron chi connectivity index (χ1n) is 7.96. The van der Waals surface area contributed by atoms with Crippen LogP contribution in [0.5, 0.6) is 0 Å². The van der Waals surface area contributed by atoms with E-state index in [9.17, 15) is 9.59 Å². The molecule has 3 rings (SSSR count). The third kappa shape index (κ3) is 4.19. The molecule has 25 heavy (non-hydrogen) atoms. The molecule has 1 unspecified atom stereocenters. The zero-order valence-electron chi connectivity index (χ0n) is 13.8. The maximum absolute atomic E-state index is 12.4. The number of ether oxygens (including phenoxy) is 1. The molecule has 0 radical (unpaired) electrons. The predicted octanol–water partition coefficient (Wildman–Crippen LogP) is 3.84. The third-order valence-corrected chi connectivity index (χ3v) is 4.83. The van der Waals surface area contributed by atoms with Gasteiger partial charge in [-0.05, 0) is 19.1 Å². The number of ketones is 1. The number of carbonyl (C=O) groups is 2. The van der Waals surface area contributed by atoms with Gasteiger partial charge in [-0.1, -0.05) is 59.9 Å². The molecule has 3 aromatic rings. The number of nitrogens with zero attached hydrogens (tertiary/aromatic N) is 1. The van der Waals surface area contributed by atoms with E-state index in [0.29, 0.717) is 11.1 Å². The highest BCUT2D eigenvalue weighted by atomic mass is 32.1. The van der Waals surface area contributed by atoms with Gasteiger partial charge in [0.25, 0.3) is 5.01 Å². The monoisotopic (exact) mass is 352 g/mol. The fourth-order valence-corrected chi connectivity index (χ4v) is 3.35. The molecule has 126 valence electrons. The van der Waals surface area contributed by atoms with Crippen LogP contribution in [0.2, 0.25) is 0 Å². The summed E-state index contributed by atoms with van der Waals surface area (Å²) in [7, 11) is 0. The minimum atomic E-state index is -0.434. The molecule has 0 saturated heterocycles. The van der Waals surface area contributed by atoms with Crippen molar-refractivity contribution in [2.45, 2.75) is 19.6 Å². The predicted molar refractivity (Wildman–Crippen MR) is 95.6 cm³/mol. The van der Waals surface area contributed by atoms with Gasteiger partial charge in [0, 0.05) is 5.56 Å². The van der Waals surface area contributed by atoms with Crippen LogP contribution in [0.15, 0.2) is 72.2 Å². The molecule has 0 fully saturated rings. The average Bonchev–Trinajstić information content (AvgIpc) is 3.11. The van der Waals surface area contributed by atoms with Gasteiger partial charge in [-0.25, -0.2) is 4.79 Å². The van der Waals surface area contributed by atoms with Crippen molar-refractivity contribution in [3.05, 3.63) is 88.4 Å². The van der Waals surface area contributed by atoms with Crippen molar-refractivity contribution < 1.29 is 18.9 Å². The molecule has 0 bridgehead atoms. The summed E-state index contributed by atoms with van der Waals surface area (Å²) in [6.07, 6.45) is 1.41. The van der Waals surface area contributed by atoms with Crippen LogP contribution in [0.25, 0.3) is 0 Å². The molecule has 0 saturated carbocycles. The number of esters is 1. The summed E-state index contributed by atoms with van der Waals surface area (Å²) in [5.74, 6) is -0.353. The molecular formula is C20H18NO3S+. The quantitative estimate of drug-likeness (QED) is 0.385. The number of hydrogen-bond donors (Lipinski definition) is 0. The van der Waals surface area contributed by atoms with Crippen molar-refractivity contribution in [3.8, 4) is 0 Å². The topological polar surface area (TPSA) is 47.2 Å². The second-order valence-electron chi connectivity index (χ2n) is 5.57. The van der Waals surface area contributed by atoms with Gasteiger partial charge in [-0.15, -0.1) is 0 Å². The number of rotatable bonds is 6. The number of benzene rings is 2. The summed E-state index contributed by atoms with van der Waals surface area (Å²) in [4.78, 5) is 24.6. The molecule has 2 aromatic carbocycles. The Labute approximate surface area is 150 Å². The molecule has 0 aliphatic rings. The molecular weight excluding hydrogens is 334 g/mol. The van der Waals surface area contributed by atoms with Crippen LogP contribution in [-0.2, 0) is 11.3 Å². The van der Waals surface area contributed by atoms with E-state index < -0.39 is 6.10 Å². The average molecular weight is 352 g/mol. The second kappa shape index (κ2) is 7.85. The van der Waals surface area contributed by atoms with Gasteiger partial charge < -0.3 is 4.74 Å². The minimum Gasteiger partial charge on any atom is -0.447 e. The Morgan fingerprint density at radius 2 is 1.60 bits per heavy atom. The van der Waals surface area contributed by atoms with Crippen molar-refractivity contribution >= 4 is 23.1 Å². The number of carbonyl (C=O) groups excluding carboxylic acids is 2. The van der Waals surface area contributed by atoms with Crippen LogP contribution in [0.3, 0.4) is 0 Å². The summed E-state index contributed by atoms with van der Waals surface area (Å²) < 4.78 is 7.38. The maximum Gasteiger partial charge on any atom is 0.338 e. The number of aromatic nitrogens is 1. The third-order valence-electron chi connectivity index (χ3n) is 3.76. The largest absolute Gasteiger partial charge is 0.447 e. The zero-order valence-corrected chi connectivity index (χ0v) is 14.6. The van der Waals surface area contributed by atoms with Crippen molar-refractivity contribution in [2.24, 2.45) is 0 Å². The molecule has 1 heterocycles. The first-order valence-corrected chi connectivity index (χ1v) is 8.84. The van der Waals surface area contributed by atoms with Gasteiger partial charge in [-0.3, -0.25) is 4.79 Å². The van der Waals surface area contributed by atoms with Crippen LogP contribution >= 0.6 is 11.3 Å². The molecule has 0 N–H and O–H groups in total. The first kappa shape index (κ1) is 17.0. The summed E-state index contributed by atoms with van der Waals surface area (Å²) in [5, 5.41) is 2.72. The van der Waals surface area contributed by atoms with E-state index in [1.165, 1.54) is 11.3 Å². The lowest BCUT2D eigenvalue weighted by Gasteiger charge is -2.10. The fourth-order valence-electron chi connectivity index (χ4n) is 2.50. The molecule has 5 heteroatoms. The lowest BCUT2D eigenvalue weighted by atomic mass is 10.1. The van der Waals surface area contributed by atoms with Gasteiger partial charge in [0.15, 0.2) is 12.3 Å². The molecule has 0 spiro atoms. The standard InChI is InChI=1S/C20H18NO3S/c1-15(24-20(23)17-10-6-3-7-11-17)19-21(12-13-25-19)14-18(22)16-8-4-2-5-9-16/h2-13,15H,14H2,1H3/q+1. The van der Waals surface area contributed by atoms with Crippen molar-refractivity contribution in [1.82, 2.24) is 0 Å². The van der Waals surface area contributed by atoms with Gasteiger partial charge in [0.1, 0.15) is 0 Å². The highest BCUT2D eigenvalue weighted by Crippen LogP contribution is 2.20. The van der Waals surface area contributed by atoms with E-state index >= 15 is 0 Å². The van der Waals surface area contributed by atoms with Crippen molar-refractivity contribution in [2.75, 3.05) is 0 Å². The van der Waals surface area contributed by atoms with E-state index in [4.69, 9.17) is 4.74 Å². The summed E-state index contributed by atoms with van der Waals surface area (Å²) >= 11 is 1.47. The van der Waals surface area contributed by atoms with E-state index in [0.717, 1.165) is 5.01 Å². The Balaban J connectivity index is 1.70. The Morgan fingerprint density at radius 1 is 1.00 bits per heavy atom. The van der Waals surface area contributed by atoms with E-state index in [2.05, 4.69) is 0 Å². The van der Waals surface area contributed by atoms with Crippen molar-refractivity contribution in [1.29, 1.82) is 0 Å².